The number of rotatable bonds is 1. The van der Waals surface area contributed by atoms with Crippen LogP contribution in [0.25, 0.3) is 0 Å². The van der Waals surface area contributed by atoms with E-state index in [1.807, 2.05) is 0 Å². The first-order valence-corrected chi connectivity index (χ1v) is 3.64. The van der Waals surface area contributed by atoms with Crippen molar-refractivity contribution in [1.29, 1.82) is 0 Å². The van der Waals surface area contributed by atoms with Crippen LogP contribution >= 0.6 is 0 Å². The molecule has 5 atom stereocenters. The Labute approximate surface area is 69.2 Å². The second kappa shape index (κ2) is 3.65. The van der Waals surface area contributed by atoms with Crippen molar-refractivity contribution in [2.75, 3.05) is 6.61 Å². The average Bonchev–Trinajstić information content (AvgIpc) is 2.08. The Morgan fingerprint density at radius 1 is 1.33 bits per heavy atom. The van der Waals surface area contributed by atoms with Gasteiger partial charge in [-0.25, -0.2) is 0 Å². The monoisotopic (exact) mass is 181 g/mol. The normalized spacial score (nSPS) is 49.2. The molecule has 1 heterocycles. The van der Waals surface area contributed by atoms with Gasteiger partial charge in [-0.2, -0.15) is 0 Å². The van der Waals surface area contributed by atoms with E-state index in [1.165, 1.54) is 0 Å². The summed E-state index contributed by atoms with van der Waals surface area (Å²) in [5.74, 6) is 0. The number of hydrogen-bond donors (Lipinski definition) is 5. The summed E-state index contributed by atoms with van der Waals surface area (Å²) in [4.78, 5) is 0. The third-order valence-corrected chi connectivity index (χ3v) is 1.95. The van der Waals surface area contributed by atoms with Gasteiger partial charge in [-0.05, 0) is 0 Å². The number of aliphatic hydroxyl groups is 4. The molecule has 0 spiro atoms. The largest absolute Gasteiger partial charge is 0.394 e. The van der Waals surface area contributed by atoms with Crippen molar-refractivity contribution in [2.45, 2.75) is 30.6 Å². The summed E-state index contributed by atoms with van der Waals surface area (Å²) in [5, 5.41) is 36.1. The number of aliphatic hydroxyl groups excluding tert-OH is 4. The fraction of sp³-hybridized carbons (Fsp3) is 1.00. The van der Waals surface area contributed by atoms with Crippen LogP contribution in [0.15, 0.2) is 0 Å². The summed E-state index contributed by atoms with van der Waals surface area (Å²) in [7, 11) is 0. The lowest BCUT2D eigenvalue weighted by Crippen LogP contribution is -2.61. The maximum Gasteiger partial charge on any atom is 0.173 e. The van der Waals surface area contributed by atoms with E-state index in [1.54, 1.807) is 0 Å². The highest BCUT2D eigenvalue weighted by Crippen LogP contribution is 2.17. The zero-order valence-corrected chi connectivity index (χ0v) is 6.37. The Morgan fingerprint density at radius 2 is 1.92 bits per heavy atom. The molecule has 1 rings (SSSR count). The first kappa shape index (κ1) is 9.85. The maximum absolute atomic E-state index is 9.20. The lowest BCUT2D eigenvalue weighted by molar-refractivity contribution is -0.248. The molecule has 1 saturated heterocycles. The van der Waals surface area contributed by atoms with Crippen LogP contribution in [0.2, 0.25) is 0 Å². The van der Waals surface area contributed by atoms with Crippen molar-refractivity contribution in [3.8, 4) is 0 Å². The Kier molecular flexibility index (Phi) is 2.99. The number of hydrogen-bond acceptors (Lipinski definition) is 6. The van der Waals surface area contributed by atoms with E-state index >= 15 is 0 Å². The van der Waals surface area contributed by atoms with E-state index in [2.05, 4.69) is 0 Å². The van der Waals surface area contributed by atoms with Gasteiger partial charge in [0.05, 0.1) is 12.6 Å². The zero-order valence-electron chi connectivity index (χ0n) is 6.37. The standard InChI is InChI=1S/C6H13NO5/c7-3-5(10)4(9)2(1-8)12-6(3)11/h2-6,8-11H,1,7H2/t2-,3-,4-,5-,6?/m1/s1/i6+2. The molecule has 12 heavy (non-hydrogen) atoms. The van der Waals surface area contributed by atoms with Crippen LogP contribution in [0.5, 0.6) is 0 Å². The molecule has 1 aliphatic heterocycles. The highest BCUT2D eigenvalue weighted by Gasteiger charge is 2.41. The van der Waals surface area contributed by atoms with Crippen LogP contribution in [0, 0.1) is 0 Å². The van der Waals surface area contributed by atoms with Crippen molar-refractivity contribution in [1.82, 2.24) is 0 Å². The second-order valence-electron chi connectivity index (χ2n) is 2.81. The first-order valence-electron chi connectivity index (χ1n) is 3.64. The van der Waals surface area contributed by atoms with Crippen molar-refractivity contribution in [2.24, 2.45) is 5.73 Å². The van der Waals surface area contributed by atoms with E-state index in [-0.39, 0.29) is 0 Å². The molecular formula is C6H13NO5. The predicted molar refractivity (Wildman–Crippen MR) is 38.0 cm³/mol. The van der Waals surface area contributed by atoms with Crippen LogP contribution in [-0.2, 0) is 4.74 Å². The molecule has 0 aliphatic carbocycles. The lowest BCUT2D eigenvalue weighted by atomic mass is 10.1. The predicted octanol–water partition coefficient (Wildman–Crippen LogP) is -3.26. The molecule has 6 N–H and O–H groups in total. The molecule has 1 fully saturated rings. The third-order valence-electron chi connectivity index (χ3n) is 1.95. The van der Waals surface area contributed by atoms with Gasteiger partial charge in [0.2, 0.25) is 0 Å². The van der Waals surface area contributed by atoms with E-state index in [4.69, 9.17) is 20.7 Å². The van der Waals surface area contributed by atoms with Gasteiger partial charge in [-0.3, -0.25) is 0 Å². The van der Waals surface area contributed by atoms with Gasteiger partial charge in [0, 0.05) is 0 Å². The molecule has 0 saturated carbocycles. The SMILES string of the molecule is N[C@@H]1[C@@H](O)[C@H](O)[C@@H](CO)O[14CH]1O. The minimum absolute atomic E-state index is 0.470. The summed E-state index contributed by atoms with van der Waals surface area (Å²) < 4.78 is 4.70. The summed E-state index contributed by atoms with van der Waals surface area (Å²) >= 11 is 0. The maximum atomic E-state index is 9.20. The van der Waals surface area contributed by atoms with E-state index in [0.29, 0.717) is 0 Å². The minimum Gasteiger partial charge on any atom is -0.394 e. The van der Waals surface area contributed by atoms with Gasteiger partial charge < -0.3 is 30.9 Å². The Hall–Kier alpha value is -0.240. The molecule has 1 unspecified atom stereocenters. The van der Waals surface area contributed by atoms with E-state index in [0.717, 1.165) is 0 Å². The van der Waals surface area contributed by atoms with Crippen LogP contribution < -0.4 is 5.73 Å². The summed E-state index contributed by atoms with van der Waals surface area (Å²) in [6.45, 7) is -0.470. The zero-order chi connectivity index (χ0) is 9.30. The summed E-state index contributed by atoms with van der Waals surface area (Å²) in [6.07, 6.45) is -4.85. The van der Waals surface area contributed by atoms with Gasteiger partial charge in [0.1, 0.15) is 18.3 Å². The Bertz CT molecular complexity index is 150. The van der Waals surface area contributed by atoms with Crippen molar-refractivity contribution >= 4 is 0 Å². The van der Waals surface area contributed by atoms with Gasteiger partial charge in [0.25, 0.3) is 0 Å². The molecule has 0 aromatic carbocycles. The van der Waals surface area contributed by atoms with E-state index in [9.17, 15) is 10.2 Å². The molecule has 0 radical (unpaired) electrons. The smallest absolute Gasteiger partial charge is 0.173 e. The summed E-state index contributed by atoms with van der Waals surface area (Å²) in [5.41, 5.74) is 5.26. The quantitative estimate of drug-likeness (QED) is 0.290. The van der Waals surface area contributed by atoms with Crippen LogP contribution in [0.4, 0.5) is 0 Å². The van der Waals surface area contributed by atoms with Crippen LogP contribution in [-0.4, -0.2) is 57.7 Å². The topological polar surface area (TPSA) is 116 Å². The Balaban J connectivity index is 2.63. The molecule has 0 aromatic rings. The lowest BCUT2D eigenvalue weighted by Gasteiger charge is -2.38. The van der Waals surface area contributed by atoms with Crippen LogP contribution in [0.3, 0.4) is 0 Å². The van der Waals surface area contributed by atoms with Gasteiger partial charge in [-0.15, -0.1) is 0 Å². The first-order chi connectivity index (χ1) is 5.57. The summed E-state index contributed by atoms with van der Waals surface area (Å²) in [6, 6.07) is -1.04. The fourth-order valence-electron chi connectivity index (χ4n) is 1.12. The minimum atomic E-state index is -1.35. The fourth-order valence-corrected chi connectivity index (χ4v) is 1.12. The molecule has 6 heteroatoms. The average molecular weight is 181 g/mol. The van der Waals surface area contributed by atoms with Gasteiger partial charge >= 0.3 is 0 Å². The molecule has 1 aliphatic rings. The highest BCUT2D eigenvalue weighted by molar-refractivity contribution is 4.90. The molecule has 0 aromatic heterocycles. The van der Waals surface area contributed by atoms with Crippen molar-refractivity contribution in [3.05, 3.63) is 0 Å². The Morgan fingerprint density at radius 3 is 2.42 bits per heavy atom. The second-order valence-corrected chi connectivity index (χ2v) is 2.81. The van der Waals surface area contributed by atoms with E-state index < -0.39 is 37.3 Å². The molecular weight excluding hydrogens is 168 g/mol. The highest BCUT2D eigenvalue weighted by atomic mass is 16.9. The number of ether oxygens (including phenoxy) is 1. The van der Waals surface area contributed by atoms with Gasteiger partial charge in [0.15, 0.2) is 6.29 Å². The van der Waals surface area contributed by atoms with Crippen molar-refractivity contribution < 1.29 is 25.2 Å². The molecule has 0 amide bonds. The van der Waals surface area contributed by atoms with Gasteiger partial charge in [-0.1, -0.05) is 0 Å². The molecule has 72 valence electrons. The number of nitrogens with two attached hydrogens (primary N) is 1. The van der Waals surface area contributed by atoms with Crippen molar-refractivity contribution in [3.63, 3.8) is 0 Å². The molecule has 6 nitrogen and oxygen atoms in total. The third kappa shape index (κ3) is 1.58. The molecule has 0 bridgehead atoms. The van der Waals surface area contributed by atoms with Crippen LogP contribution in [0.1, 0.15) is 0 Å².